The van der Waals surface area contributed by atoms with Gasteiger partial charge in [0.05, 0.1) is 7.11 Å². The molecule has 0 aromatic carbocycles. The molecule has 0 heterocycles. The Morgan fingerprint density at radius 1 is 1.32 bits per heavy atom. The number of unbranched alkanes of at least 4 members (excludes halogenated alkanes) is 1. The van der Waals surface area contributed by atoms with Crippen molar-refractivity contribution in [1.82, 2.24) is 10.6 Å². The van der Waals surface area contributed by atoms with Crippen molar-refractivity contribution in [2.24, 2.45) is 4.99 Å². The maximum atomic E-state index is 10.9. The van der Waals surface area contributed by atoms with Gasteiger partial charge in [-0.3, -0.25) is 9.79 Å². The van der Waals surface area contributed by atoms with Crippen molar-refractivity contribution in [1.29, 1.82) is 0 Å². The molecule has 112 valence electrons. The van der Waals surface area contributed by atoms with Gasteiger partial charge in [0.1, 0.15) is 0 Å². The number of carbonyl (C=O) groups is 1. The molecule has 0 aliphatic heterocycles. The van der Waals surface area contributed by atoms with Crippen LogP contribution >= 0.6 is 24.0 Å². The van der Waals surface area contributed by atoms with Gasteiger partial charge in [0.15, 0.2) is 5.96 Å². The second kappa shape index (κ2) is 11.3. The molecule has 0 aromatic heterocycles. The third-order valence-corrected chi connectivity index (χ3v) is 3.25. The number of aliphatic imine (C=N–C) groups is 1. The van der Waals surface area contributed by atoms with Crippen molar-refractivity contribution in [3.05, 3.63) is 0 Å². The Labute approximate surface area is 133 Å². The number of halogens is 1. The highest BCUT2D eigenvalue weighted by Crippen LogP contribution is 2.17. The SMILES string of the molecule is CN=C(NCCCCC(=O)OC)NC1CCCC1.I. The normalized spacial score (nSPS) is 15.8. The van der Waals surface area contributed by atoms with Crippen molar-refractivity contribution >= 4 is 35.9 Å². The molecule has 0 radical (unpaired) electrons. The smallest absolute Gasteiger partial charge is 0.305 e. The summed E-state index contributed by atoms with van der Waals surface area (Å²) < 4.78 is 4.59. The van der Waals surface area contributed by atoms with Crippen LogP contribution in [-0.4, -0.2) is 38.7 Å². The zero-order valence-electron chi connectivity index (χ0n) is 11.9. The fraction of sp³-hybridized carbons (Fsp3) is 0.846. The molecule has 1 rings (SSSR count). The van der Waals surface area contributed by atoms with Crippen LogP contribution in [0.2, 0.25) is 0 Å². The number of nitrogens with one attached hydrogen (secondary N) is 2. The summed E-state index contributed by atoms with van der Waals surface area (Å²) in [4.78, 5) is 15.1. The summed E-state index contributed by atoms with van der Waals surface area (Å²) in [5, 5.41) is 6.70. The lowest BCUT2D eigenvalue weighted by molar-refractivity contribution is -0.140. The van der Waals surface area contributed by atoms with Gasteiger partial charge in [0.25, 0.3) is 0 Å². The molecule has 0 saturated heterocycles. The van der Waals surface area contributed by atoms with Gasteiger partial charge >= 0.3 is 5.97 Å². The minimum Gasteiger partial charge on any atom is -0.469 e. The van der Waals surface area contributed by atoms with Gasteiger partial charge in [-0.15, -0.1) is 24.0 Å². The molecule has 19 heavy (non-hydrogen) atoms. The second-order valence-corrected chi connectivity index (χ2v) is 4.66. The summed E-state index contributed by atoms with van der Waals surface area (Å²) in [6, 6.07) is 0.575. The lowest BCUT2D eigenvalue weighted by Crippen LogP contribution is -2.42. The molecule has 1 saturated carbocycles. The van der Waals surface area contributed by atoms with Gasteiger partial charge in [-0.25, -0.2) is 0 Å². The minimum atomic E-state index is -0.136. The first kappa shape index (κ1) is 18.5. The molecule has 1 aliphatic carbocycles. The summed E-state index contributed by atoms with van der Waals surface area (Å²) in [6.45, 7) is 0.837. The topological polar surface area (TPSA) is 62.7 Å². The number of rotatable bonds is 6. The van der Waals surface area contributed by atoms with E-state index in [4.69, 9.17) is 0 Å². The van der Waals surface area contributed by atoms with E-state index < -0.39 is 0 Å². The van der Waals surface area contributed by atoms with E-state index in [-0.39, 0.29) is 29.9 Å². The maximum Gasteiger partial charge on any atom is 0.305 e. The molecule has 1 fully saturated rings. The van der Waals surface area contributed by atoms with E-state index in [1.807, 2.05) is 0 Å². The van der Waals surface area contributed by atoms with E-state index >= 15 is 0 Å². The summed E-state index contributed by atoms with van der Waals surface area (Å²) in [6.07, 6.45) is 7.39. The molecular formula is C13H26IN3O2. The number of esters is 1. The molecule has 2 N–H and O–H groups in total. The number of hydrogen-bond acceptors (Lipinski definition) is 3. The number of ether oxygens (including phenoxy) is 1. The Hall–Kier alpha value is -0.530. The fourth-order valence-electron chi connectivity index (χ4n) is 2.16. The standard InChI is InChI=1S/C13H25N3O2.HI/c1-14-13(16-11-7-3-4-8-11)15-10-6-5-9-12(17)18-2;/h11H,3-10H2,1-2H3,(H2,14,15,16);1H. The van der Waals surface area contributed by atoms with Crippen LogP contribution in [0.4, 0.5) is 0 Å². The molecule has 1 aliphatic rings. The number of carbonyl (C=O) groups excluding carboxylic acids is 1. The number of guanidine groups is 1. The van der Waals surface area contributed by atoms with Crippen LogP contribution in [0.1, 0.15) is 44.9 Å². The van der Waals surface area contributed by atoms with E-state index in [0.717, 1.165) is 25.3 Å². The zero-order valence-corrected chi connectivity index (χ0v) is 14.2. The Kier molecular flexibility index (Phi) is 11.0. The predicted molar refractivity (Wildman–Crippen MR) is 88.0 cm³/mol. The van der Waals surface area contributed by atoms with Gasteiger partial charge < -0.3 is 15.4 Å². The maximum absolute atomic E-state index is 10.9. The van der Waals surface area contributed by atoms with Crippen LogP contribution in [0.25, 0.3) is 0 Å². The van der Waals surface area contributed by atoms with E-state index in [0.29, 0.717) is 12.5 Å². The largest absolute Gasteiger partial charge is 0.469 e. The Morgan fingerprint density at radius 3 is 2.58 bits per heavy atom. The molecule has 0 unspecified atom stereocenters. The quantitative estimate of drug-likeness (QED) is 0.242. The summed E-state index contributed by atoms with van der Waals surface area (Å²) in [5.41, 5.74) is 0. The van der Waals surface area contributed by atoms with Crippen molar-refractivity contribution in [2.75, 3.05) is 20.7 Å². The van der Waals surface area contributed by atoms with E-state index in [1.165, 1.54) is 32.8 Å². The monoisotopic (exact) mass is 383 g/mol. The van der Waals surface area contributed by atoms with Crippen LogP contribution < -0.4 is 10.6 Å². The van der Waals surface area contributed by atoms with Crippen molar-refractivity contribution in [3.8, 4) is 0 Å². The Bertz CT molecular complexity index is 279. The van der Waals surface area contributed by atoms with Crippen LogP contribution in [0.15, 0.2) is 4.99 Å². The van der Waals surface area contributed by atoms with Gasteiger partial charge in [-0.1, -0.05) is 12.8 Å². The summed E-state index contributed by atoms with van der Waals surface area (Å²) in [7, 11) is 3.21. The highest BCUT2D eigenvalue weighted by molar-refractivity contribution is 14.0. The van der Waals surface area contributed by atoms with Crippen LogP contribution in [0, 0.1) is 0 Å². The third kappa shape index (κ3) is 8.28. The van der Waals surface area contributed by atoms with Crippen LogP contribution in [0.5, 0.6) is 0 Å². The molecule has 5 nitrogen and oxygen atoms in total. The first-order valence-electron chi connectivity index (χ1n) is 6.80. The Balaban J connectivity index is 0.00000324. The molecule has 6 heteroatoms. The van der Waals surface area contributed by atoms with Crippen molar-refractivity contribution in [3.63, 3.8) is 0 Å². The molecule has 0 amide bonds. The minimum absolute atomic E-state index is 0. The van der Waals surface area contributed by atoms with Gasteiger partial charge in [0, 0.05) is 26.1 Å². The van der Waals surface area contributed by atoms with Gasteiger partial charge in [-0.2, -0.15) is 0 Å². The first-order valence-corrected chi connectivity index (χ1v) is 6.80. The van der Waals surface area contributed by atoms with E-state index in [9.17, 15) is 4.79 Å². The molecule has 0 atom stereocenters. The first-order chi connectivity index (χ1) is 8.76. The lowest BCUT2D eigenvalue weighted by atomic mass is 10.2. The van der Waals surface area contributed by atoms with Crippen molar-refractivity contribution < 1.29 is 9.53 Å². The third-order valence-electron chi connectivity index (χ3n) is 3.25. The summed E-state index contributed by atoms with van der Waals surface area (Å²) >= 11 is 0. The lowest BCUT2D eigenvalue weighted by Gasteiger charge is -2.16. The molecular weight excluding hydrogens is 357 g/mol. The van der Waals surface area contributed by atoms with Crippen molar-refractivity contribution in [2.45, 2.75) is 51.0 Å². The van der Waals surface area contributed by atoms with Crippen LogP contribution in [0.3, 0.4) is 0 Å². The fourth-order valence-corrected chi connectivity index (χ4v) is 2.16. The van der Waals surface area contributed by atoms with Crippen LogP contribution in [-0.2, 0) is 9.53 Å². The molecule has 0 aromatic rings. The average molecular weight is 383 g/mol. The van der Waals surface area contributed by atoms with E-state index in [1.54, 1.807) is 7.05 Å². The highest BCUT2D eigenvalue weighted by atomic mass is 127. The predicted octanol–water partition coefficient (Wildman–Crippen LogP) is 2.06. The highest BCUT2D eigenvalue weighted by Gasteiger charge is 2.15. The zero-order chi connectivity index (χ0) is 13.2. The molecule has 0 bridgehead atoms. The molecule has 0 spiro atoms. The number of hydrogen-bond donors (Lipinski definition) is 2. The Morgan fingerprint density at radius 2 is 2.00 bits per heavy atom. The summed E-state index contributed by atoms with van der Waals surface area (Å²) in [5.74, 6) is 0.739. The van der Waals surface area contributed by atoms with Gasteiger partial charge in [0.2, 0.25) is 0 Å². The number of methoxy groups -OCH3 is 1. The number of nitrogens with zero attached hydrogens (tertiary/aromatic N) is 1. The van der Waals surface area contributed by atoms with Gasteiger partial charge in [-0.05, 0) is 25.7 Å². The second-order valence-electron chi connectivity index (χ2n) is 4.66. The average Bonchev–Trinajstić information content (AvgIpc) is 2.89. The van der Waals surface area contributed by atoms with E-state index in [2.05, 4.69) is 20.4 Å².